The molecule has 26 heavy (non-hydrogen) atoms. The lowest BCUT2D eigenvalue weighted by molar-refractivity contribution is 0.0824. The van der Waals surface area contributed by atoms with E-state index >= 15 is 0 Å². The molecule has 2 aromatic rings. The molecule has 0 heterocycles. The van der Waals surface area contributed by atoms with Crippen molar-refractivity contribution in [2.75, 3.05) is 6.54 Å². The topological polar surface area (TPSA) is 32.3 Å². The predicted octanol–water partition coefficient (Wildman–Crippen LogP) is 5.44. The number of benzene rings is 2. The number of nitrogens with one attached hydrogen (secondary N) is 1. The molecule has 0 amide bonds. The van der Waals surface area contributed by atoms with Crippen LogP contribution in [0.4, 0.5) is 4.39 Å². The van der Waals surface area contributed by atoms with Gasteiger partial charge < -0.3 is 10.4 Å². The number of aliphatic hydroxyl groups is 1. The molecule has 1 unspecified atom stereocenters. The Hall–Kier alpha value is -2.13. The van der Waals surface area contributed by atoms with Crippen LogP contribution in [0.2, 0.25) is 0 Å². The lowest BCUT2D eigenvalue weighted by atomic mass is 9.85. The van der Waals surface area contributed by atoms with Gasteiger partial charge in [0.1, 0.15) is 11.4 Å². The summed E-state index contributed by atoms with van der Waals surface area (Å²) in [7, 11) is 0. The van der Waals surface area contributed by atoms with Crippen LogP contribution in [0, 0.1) is 12.7 Å². The summed E-state index contributed by atoms with van der Waals surface area (Å²) in [5.41, 5.74) is 2.52. The van der Waals surface area contributed by atoms with Gasteiger partial charge in [0.05, 0.1) is 6.54 Å². The second-order valence-corrected chi connectivity index (χ2v) is 6.86. The van der Waals surface area contributed by atoms with Crippen molar-refractivity contribution in [1.82, 2.24) is 5.32 Å². The third kappa shape index (κ3) is 5.18. The zero-order valence-electron chi connectivity index (χ0n) is 16.1. The van der Waals surface area contributed by atoms with E-state index in [9.17, 15) is 9.50 Å². The average molecular weight is 355 g/mol. The molecule has 2 N–H and O–H groups in total. The van der Waals surface area contributed by atoms with Gasteiger partial charge >= 0.3 is 0 Å². The second kappa shape index (κ2) is 9.54. The van der Waals surface area contributed by atoms with Gasteiger partial charge in [0, 0.05) is 5.70 Å². The Morgan fingerprint density at radius 3 is 2.15 bits per heavy atom. The Balaban J connectivity index is 2.26. The van der Waals surface area contributed by atoms with E-state index in [4.69, 9.17) is 0 Å². The van der Waals surface area contributed by atoms with E-state index in [1.807, 2.05) is 38.1 Å². The fourth-order valence-electron chi connectivity index (χ4n) is 3.07. The van der Waals surface area contributed by atoms with Crippen molar-refractivity contribution in [3.63, 3.8) is 0 Å². The van der Waals surface area contributed by atoms with Crippen molar-refractivity contribution in [3.8, 4) is 0 Å². The van der Waals surface area contributed by atoms with E-state index in [-0.39, 0.29) is 5.82 Å². The highest BCUT2D eigenvalue weighted by atomic mass is 19.1. The van der Waals surface area contributed by atoms with Gasteiger partial charge in [0.2, 0.25) is 0 Å². The highest BCUT2D eigenvalue weighted by Crippen LogP contribution is 2.30. The molecule has 0 aliphatic heterocycles. The van der Waals surface area contributed by atoms with Crippen LogP contribution in [0.25, 0.3) is 0 Å². The zero-order chi connectivity index (χ0) is 19.0. The van der Waals surface area contributed by atoms with Gasteiger partial charge in [0.15, 0.2) is 0 Å². The van der Waals surface area contributed by atoms with Crippen LogP contribution in [-0.2, 0) is 5.60 Å². The van der Waals surface area contributed by atoms with E-state index < -0.39 is 5.60 Å². The summed E-state index contributed by atoms with van der Waals surface area (Å²) < 4.78 is 13.4. The molecule has 140 valence electrons. The molecule has 2 nitrogen and oxygen atoms in total. The average Bonchev–Trinajstić information content (AvgIpc) is 2.65. The summed E-state index contributed by atoms with van der Waals surface area (Å²) in [5, 5.41) is 15.0. The van der Waals surface area contributed by atoms with Gasteiger partial charge in [-0.2, -0.15) is 0 Å². The van der Waals surface area contributed by atoms with Gasteiger partial charge in [-0.05, 0) is 49.9 Å². The van der Waals surface area contributed by atoms with Gasteiger partial charge in [-0.1, -0.05) is 67.8 Å². The summed E-state index contributed by atoms with van der Waals surface area (Å²) in [6.07, 6.45) is 6.54. The molecule has 0 radical (unpaired) electrons. The fraction of sp³-hybridized carbons (Fsp3) is 0.391. The summed E-state index contributed by atoms with van der Waals surface area (Å²) in [4.78, 5) is 0. The molecule has 0 saturated heterocycles. The standard InChI is InChI=1S/C23H30FNO/c1-4-6-7-8-22(5-2)25-17-23(26,19-11-9-18(3)10-12-19)20-13-15-21(24)16-14-20/h5,9-16,25-26H,4,6-8,17H2,1-3H3/b22-5-. The maximum Gasteiger partial charge on any atom is 0.132 e. The van der Waals surface area contributed by atoms with E-state index in [1.165, 1.54) is 25.0 Å². The quantitative estimate of drug-likeness (QED) is 0.587. The third-order valence-electron chi connectivity index (χ3n) is 4.82. The molecule has 0 aliphatic rings. The van der Waals surface area contributed by atoms with Crippen LogP contribution in [0.1, 0.15) is 56.2 Å². The molecule has 3 heteroatoms. The second-order valence-electron chi connectivity index (χ2n) is 6.86. The Morgan fingerprint density at radius 1 is 1.04 bits per heavy atom. The van der Waals surface area contributed by atoms with Crippen LogP contribution < -0.4 is 5.32 Å². The molecule has 2 rings (SSSR count). The third-order valence-corrected chi connectivity index (χ3v) is 4.82. The number of rotatable bonds is 9. The minimum atomic E-state index is -1.22. The van der Waals surface area contributed by atoms with Crippen molar-refractivity contribution in [2.24, 2.45) is 0 Å². The van der Waals surface area contributed by atoms with Gasteiger partial charge in [-0.3, -0.25) is 0 Å². The summed E-state index contributed by atoms with van der Waals surface area (Å²) in [5.74, 6) is -0.304. The van der Waals surface area contributed by atoms with Crippen LogP contribution >= 0.6 is 0 Å². The zero-order valence-corrected chi connectivity index (χ0v) is 16.1. The van der Waals surface area contributed by atoms with Crippen LogP contribution in [-0.4, -0.2) is 11.7 Å². The van der Waals surface area contributed by atoms with Crippen LogP contribution in [0.15, 0.2) is 60.3 Å². The number of halogens is 1. The highest BCUT2D eigenvalue weighted by Gasteiger charge is 2.31. The van der Waals surface area contributed by atoms with Crippen molar-refractivity contribution < 1.29 is 9.50 Å². The molecule has 1 atom stereocenters. The number of hydrogen-bond acceptors (Lipinski definition) is 2. The first kappa shape index (κ1) is 20.2. The Labute approximate surface area is 156 Å². The Bertz CT molecular complexity index is 658. The lowest BCUT2D eigenvalue weighted by Crippen LogP contribution is -2.39. The van der Waals surface area contributed by atoms with E-state index in [0.717, 1.165) is 29.7 Å². The first-order valence-electron chi connectivity index (χ1n) is 9.44. The normalized spacial score (nSPS) is 14.1. The van der Waals surface area contributed by atoms with E-state index in [1.54, 1.807) is 12.1 Å². The first-order valence-corrected chi connectivity index (χ1v) is 9.44. The molecule has 0 bridgehead atoms. The molecule has 2 aromatic carbocycles. The number of unbranched alkanes of at least 4 members (excludes halogenated alkanes) is 2. The molecule has 0 spiro atoms. The van der Waals surface area contributed by atoms with E-state index in [0.29, 0.717) is 12.1 Å². The van der Waals surface area contributed by atoms with Crippen molar-refractivity contribution >= 4 is 0 Å². The summed E-state index contributed by atoms with van der Waals surface area (Å²) >= 11 is 0. The SMILES string of the molecule is C/C=C(/CCCCC)NCC(O)(c1ccc(C)cc1)c1ccc(F)cc1. The Kier molecular flexibility index (Phi) is 7.40. The van der Waals surface area contributed by atoms with Crippen molar-refractivity contribution in [3.05, 3.63) is 82.8 Å². The smallest absolute Gasteiger partial charge is 0.132 e. The number of allylic oxidation sites excluding steroid dienone is 2. The molecular formula is C23H30FNO. The van der Waals surface area contributed by atoms with Crippen LogP contribution in [0.5, 0.6) is 0 Å². The summed E-state index contributed by atoms with van der Waals surface area (Å²) in [6, 6.07) is 14.0. The lowest BCUT2D eigenvalue weighted by Gasteiger charge is -2.31. The highest BCUT2D eigenvalue weighted by molar-refractivity contribution is 5.38. The van der Waals surface area contributed by atoms with Crippen molar-refractivity contribution in [1.29, 1.82) is 0 Å². The van der Waals surface area contributed by atoms with Crippen LogP contribution in [0.3, 0.4) is 0 Å². The van der Waals surface area contributed by atoms with E-state index in [2.05, 4.69) is 18.3 Å². The number of hydrogen-bond donors (Lipinski definition) is 2. The molecule has 0 fully saturated rings. The molecule has 0 aromatic heterocycles. The maximum absolute atomic E-state index is 13.4. The monoisotopic (exact) mass is 355 g/mol. The molecule has 0 saturated carbocycles. The minimum absolute atomic E-state index is 0.304. The van der Waals surface area contributed by atoms with Crippen molar-refractivity contribution in [2.45, 2.75) is 52.1 Å². The maximum atomic E-state index is 13.4. The minimum Gasteiger partial charge on any atom is -0.385 e. The molecule has 0 aliphatic carbocycles. The van der Waals surface area contributed by atoms with Gasteiger partial charge in [0.25, 0.3) is 0 Å². The fourth-order valence-corrected chi connectivity index (χ4v) is 3.07. The largest absolute Gasteiger partial charge is 0.385 e. The van der Waals surface area contributed by atoms with Gasteiger partial charge in [-0.15, -0.1) is 0 Å². The van der Waals surface area contributed by atoms with Gasteiger partial charge in [-0.25, -0.2) is 4.39 Å². The summed E-state index contributed by atoms with van der Waals surface area (Å²) in [6.45, 7) is 6.56. The Morgan fingerprint density at radius 2 is 1.62 bits per heavy atom. The predicted molar refractivity (Wildman–Crippen MR) is 106 cm³/mol. The molecular weight excluding hydrogens is 325 g/mol. The first-order chi connectivity index (χ1) is 12.5. The number of aryl methyl sites for hydroxylation is 1.